The van der Waals surface area contributed by atoms with Crippen molar-refractivity contribution in [2.24, 2.45) is 0 Å². The van der Waals surface area contributed by atoms with Crippen molar-refractivity contribution in [1.29, 1.82) is 0 Å². The van der Waals surface area contributed by atoms with Crippen LogP contribution in [0.1, 0.15) is 13.8 Å². The topological polar surface area (TPSA) is 6.48 Å². The Morgan fingerprint density at radius 2 is 0.975 bits per heavy atom. The van der Waals surface area contributed by atoms with Crippen LogP contribution in [-0.4, -0.2) is 0 Å². The molecule has 0 unspecified atom stereocenters. The summed E-state index contributed by atoms with van der Waals surface area (Å²) in [5.41, 5.74) is 6.47. The second-order valence-corrected chi connectivity index (χ2v) is 9.36. The number of anilines is 5. The van der Waals surface area contributed by atoms with Gasteiger partial charge in [0.2, 0.25) is 0 Å². The maximum atomic E-state index is 4.17. The zero-order valence-electron chi connectivity index (χ0n) is 23.2. The third-order valence-corrected chi connectivity index (χ3v) is 7.06. The normalized spacial score (nSPS) is 12.4. The largest absolute Gasteiger partial charge is 0.309 e. The van der Waals surface area contributed by atoms with Crippen LogP contribution in [0.25, 0.3) is 22.9 Å². The summed E-state index contributed by atoms with van der Waals surface area (Å²) >= 11 is 0. The van der Waals surface area contributed by atoms with Gasteiger partial charge in [-0.15, -0.1) is 0 Å². The van der Waals surface area contributed by atoms with Crippen molar-refractivity contribution < 1.29 is 0 Å². The average molecular weight is 519 g/mol. The molecular weight excluding hydrogens is 484 g/mol. The van der Waals surface area contributed by atoms with E-state index in [0.29, 0.717) is 0 Å². The summed E-state index contributed by atoms with van der Waals surface area (Å²) in [4.78, 5) is 4.66. The van der Waals surface area contributed by atoms with E-state index in [1.54, 1.807) is 0 Å². The van der Waals surface area contributed by atoms with Crippen molar-refractivity contribution in [2.45, 2.75) is 13.8 Å². The first-order chi connectivity index (χ1) is 19.7. The zero-order valence-corrected chi connectivity index (χ0v) is 23.2. The van der Waals surface area contributed by atoms with Gasteiger partial charge >= 0.3 is 0 Å². The second kappa shape index (κ2) is 12.2. The maximum absolute atomic E-state index is 4.17. The third-order valence-electron chi connectivity index (χ3n) is 7.06. The lowest BCUT2D eigenvalue weighted by Crippen LogP contribution is -2.36. The molecule has 0 radical (unpaired) electrons. The number of hydrogen-bond donors (Lipinski definition) is 0. The van der Waals surface area contributed by atoms with E-state index in [2.05, 4.69) is 158 Å². The lowest BCUT2D eigenvalue weighted by molar-refractivity contribution is 1.20. The maximum Gasteiger partial charge on any atom is 0.0616 e. The number of benzene rings is 5. The summed E-state index contributed by atoms with van der Waals surface area (Å²) in [5.74, 6) is 0. The lowest BCUT2D eigenvalue weighted by atomic mass is 9.98. The smallest absolute Gasteiger partial charge is 0.0616 e. The van der Waals surface area contributed by atoms with Gasteiger partial charge in [-0.25, -0.2) is 0 Å². The number of para-hydroxylation sites is 3. The highest BCUT2D eigenvalue weighted by Crippen LogP contribution is 2.40. The quantitative estimate of drug-likeness (QED) is 0.189. The predicted octanol–water partition coefficient (Wildman–Crippen LogP) is 9.30. The highest BCUT2D eigenvalue weighted by molar-refractivity contribution is 6.07. The molecule has 0 bridgehead atoms. The molecule has 5 aromatic rings. The molecule has 0 amide bonds. The van der Waals surface area contributed by atoms with Crippen molar-refractivity contribution in [3.8, 4) is 0 Å². The number of nitrogens with zero attached hydrogens (tertiary/aromatic N) is 2. The number of fused-ring (bicyclic) bond motifs is 1. The van der Waals surface area contributed by atoms with Crippen LogP contribution in [0.5, 0.6) is 0 Å². The minimum atomic E-state index is 0.951. The van der Waals surface area contributed by atoms with Crippen LogP contribution in [0.15, 0.2) is 152 Å². The summed E-state index contributed by atoms with van der Waals surface area (Å²) in [6, 6.07) is 40.3. The molecule has 2 heteroatoms. The molecule has 0 N–H and O–H groups in total. The van der Waals surface area contributed by atoms with Gasteiger partial charge in [-0.1, -0.05) is 110 Å². The summed E-state index contributed by atoms with van der Waals surface area (Å²) in [6.45, 7) is 12.4. The molecule has 0 heterocycles. The van der Waals surface area contributed by atoms with Crippen LogP contribution in [0.4, 0.5) is 28.4 Å². The minimum Gasteiger partial charge on any atom is -0.309 e. The van der Waals surface area contributed by atoms with Gasteiger partial charge < -0.3 is 9.80 Å². The van der Waals surface area contributed by atoms with Crippen molar-refractivity contribution in [3.05, 3.63) is 163 Å². The van der Waals surface area contributed by atoms with Gasteiger partial charge in [0.25, 0.3) is 0 Å². The van der Waals surface area contributed by atoms with E-state index in [0.717, 1.165) is 55.3 Å². The molecule has 0 aliphatic rings. The Bertz CT molecular complexity index is 1740. The van der Waals surface area contributed by atoms with E-state index in [1.807, 2.05) is 24.3 Å². The second-order valence-electron chi connectivity index (χ2n) is 9.36. The average Bonchev–Trinajstić information content (AvgIpc) is 3.02. The Balaban J connectivity index is 1.98. The molecule has 40 heavy (non-hydrogen) atoms. The van der Waals surface area contributed by atoms with Gasteiger partial charge in [0.05, 0.1) is 11.4 Å². The summed E-state index contributed by atoms with van der Waals surface area (Å²) in [5, 5.41) is 4.61. The fourth-order valence-electron chi connectivity index (χ4n) is 5.41. The van der Waals surface area contributed by atoms with Gasteiger partial charge in [0.15, 0.2) is 0 Å². The van der Waals surface area contributed by atoms with E-state index in [-0.39, 0.29) is 0 Å². The lowest BCUT2D eigenvalue weighted by Gasteiger charge is -2.32. The Labute approximate surface area is 237 Å². The highest BCUT2D eigenvalue weighted by atomic mass is 15.2. The molecule has 0 fully saturated rings. The predicted molar refractivity (Wildman–Crippen MR) is 175 cm³/mol. The van der Waals surface area contributed by atoms with Gasteiger partial charge in [-0.05, 0) is 62.4 Å². The third kappa shape index (κ3) is 4.88. The fourth-order valence-corrected chi connectivity index (χ4v) is 5.41. The number of allylic oxidation sites excluding steroid dienone is 3. The first-order valence-electron chi connectivity index (χ1n) is 13.6. The minimum absolute atomic E-state index is 0.951. The van der Waals surface area contributed by atoms with Crippen LogP contribution in [0.3, 0.4) is 0 Å². The van der Waals surface area contributed by atoms with E-state index in [9.17, 15) is 0 Å². The Kier molecular flexibility index (Phi) is 8.08. The van der Waals surface area contributed by atoms with Crippen LogP contribution in [-0.2, 0) is 0 Å². The Hall–Kier alpha value is -5.08. The van der Waals surface area contributed by atoms with Gasteiger partial charge in [-0.3, -0.25) is 0 Å². The first kappa shape index (κ1) is 26.5. The zero-order chi connectivity index (χ0) is 27.9. The van der Waals surface area contributed by atoms with E-state index in [1.165, 1.54) is 0 Å². The molecule has 0 saturated carbocycles. The number of rotatable bonds is 8. The van der Waals surface area contributed by atoms with Crippen LogP contribution in [0.2, 0.25) is 0 Å². The molecule has 2 nitrogen and oxygen atoms in total. The molecule has 0 aliphatic heterocycles. The molecule has 0 aliphatic carbocycles. The molecule has 0 saturated heterocycles. The van der Waals surface area contributed by atoms with Crippen LogP contribution in [0, 0.1) is 0 Å². The summed E-state index contributed by atoms with van der Waals surface area (Å²) < 4.78 is 0. The molecular formula is C38H34N2. The molecule has 5 aromatic carbocycles. The molecule has 0 aromatic heterocycles. The standard InChI is InChI=1S/C38H34N2/c1-5-20-29(6-2)39(30-21-12-9-13-22-30)37-33(7-3)34(8-4)38(36-28-19-18-27-35(36)37)40(31-23-14-10-15-24-31)32-25-16-11-17-26-32/h5-28H,1-2H2,3-4H3/b29-20+,33-7+,34-8+. The Morgan fingerprint density at radius 3 is 1.43 bits per heavy atom. The van der Waals surface area contributed by atoms with E-state index < -0.39 is 0 Å². The van der Waals surface area contributed by atoms with Gasteiger partial charge in [-0.2, -0.15) is 0 Å². The van der Waals surface area contributed by atoms with Crippen molar-refractivity contribution in [2.75, 3.05) is 9.80 Å². The molecule has 0 spiro atoms. The summed E-state index contributed by atoms with van der Waals surface area (Å²) in [6.07, 6.45) is 10.2. The monoisotopic (exact) mass is 518 g/mol. The van der Waals surface area contributed by atoms with E-state index >= 15 is 0 Å². The van der Waals surface area contributed by atoms with Crippen molar-refractivity contribution in [3.63, 3.8) is 0 Å². The van der Waals surface area contributed by atoms with Crippen molar-refractivity contribution in [1.82, 2.24) is 0 Å². The van der Waals surface area contributed by atoms with E-state index in [4.69, 9.17) is 0 Å². The molecule has 0 atom stereocenters. The van der Waals surface area contributed by atoms with Gasteiger partial charge in [0.1, 0.15) is 0 Å². The van der Waals surface area contributed by atoms with Crippen LogP contribution >= 0.6 is 0 Å². The Morgan fingerprint density at radius 1 is 0.550 bits per heavy atom. The summed E-state index contributed by atoms with van der Waals surface area (Å²) in [7, 11) is 0. The van der Waals surface area contributed by atoms with Crippen molar-refractivity contribution >= 4 is 51.4 Å². The molecule has 5 rings (SSSR count). The van der Waals surface area contributed by atoms with Crippen LogP contribution < -0.4 is 20.2 Å². The highest BCUT2D eigenvalue weighted by Gasteiger charge is 2.23. The van der Waals surface area contributed by atoms with Gasteiger partial charge in [0, 0.05) is 44.0 Å². The number of hydrogen-bond acceptors (Lipinski definition) is 2. The molecule has 196 valence electrons. The SMILES string of the molecule is C=C/C=C(\C=C)N(c1ccccc1)c1c(=C/C)/c(=C\C)c(N(c2ccccc2)c2ccccc2)c2ccccc12. The fraction of sp³-hybridized carbons (Fsp3) is 0.0526. The first-order valence-corrected chi connectivity index (χ1v) is 13.6.